The molecule has 3 N–H and O–H groups in total. The van der Waals surface area contributed by atoms with E-state index >= 15 is 0 Å². The van der Waals surface area contributed by atoms with Crippen molar-refractivity contribution < 1.29 is 27.9 Å². The van der Waals surface area contributed by atoms with E-state index in [0.717, 1.165) is 32.1 Å². The van der Waals surface area contributed by atoms with Gasteiger partial charge >= 0.3 is 13.3 Å². The van der Waals surface area contributed by atoms with E-state index in [-0.39, 0.29) is 12.3 Å². The summed E-state index contributed by atoms with van der Waals surface area (Å²) < 4.78 is 36.7. The van der Waals surface area contributed by atoms with Gasteiger partial charge in [-0.3, -0.25) is 9.36 Å². The predicted octanol–water partition coefficient (Wildman–Crippen LogP) is 6.30. The first kappa shape index (κ1) is 28.2. The third kappa shape index (κ3) is 16.7. The lowest BCUT2D eigenvalue weighted by molar-refractivity contribution is -0.121. The maximum Gasteiger partial charge on any atom is 0.394 e. The van der Waals surface area contributed by atoms with E-state index in [9.17, 15) is 18.1 Å². The Morgan fingerprint density at radius 3 is 1.90 bits per heavy atom. The van der Waals surface area contributed by atoms with Gasteiger partial charge in [-0.2, -0.15) is 8.78 Å². The summed E-state index contributed by atoms with van der Waals surface area (Å²) in [7, 11) is -5.47. The van der Waals surface area contributed by atoms with Crippen LogP contribution in [-0.4, -0.2) is 27.9 Å². The average Bonchev–Trinajstić information content (AvgIpc) is 2.63. The molecule has 0 heterocycles. The first-order valence-corrected chi connectivity index (χ1v) is 12.7. The third-order valence-electron chi connectivity index (χ3n) is 4.84. The zero-order chi connectivity index (χ0) is 22.0. The van der Waals surface area contributed by atoms with Gasteiger partial charge in [0.15, 0.2) is 0 Å². The van der Waals surface area contributed by atoms with Crippen LogP contribution in [0.3, 0.4) is 0 Å². The van der Waals surface area contributed by atoms with Crippen LogP contribution in [0.25, 0.3) is 0 Å². The van der Waals surface area contributed by atoms with E-state index in [0.29, 0.717) is 6.42 Å². The molecule has 0 aliphatic carbocycles. The van der Waals surface area contributed by atoms with Crippen LogP contribution >= 0.6 is 7.60 Å². The van der Waals surface area contributed by atoms with Gasteiger partial charge in [0.25, 0.3) is 0 Å². The fourth-order valence-corrected chi connectivity index (χ4v) is 3.35. The number of allylic oxidation sites excluding steroid dienone is 2. The Bertz CT molecular complexity index is 495. The van der Waals surface area contributed by atoms with E-state index < -0.39 is 26.2 Å². The summed E-state index contributed by atoms with van der Waals surface area (Å²) in [6, 6.07) is 0. The molecule has 0 atom stereocenters. The SMILES string of the molecule is CCCCCCCCC=CCCCCCCCC(=O)NCCC(F)(F)P(=O)(O)O. The molecular formula is C21H40F2NO4P. The molecule has 0 unspecified atom stereocenters. The number of rotatable bonds is 19. The first-order chi connectivity index (χ1) is 13.7. The molecule has 0 aromatic rings. The molecule has 29 heavy (non-hydrogen) atoms. The van der Waals surface area contributed by atoms with Crippen molar-refractivity contribution in [1.29, 1.82) is 0 Å². The largest absolute Gasteiger partial charge is 0.394 e. The molecule has 172 valence electrons. The van der Waals surface area contributed by atoms with Gasteiger partial charge in [-0.1, -0.05) is 70.4 Å². The molecule has 8 heteroatoms. The van der Waals surface area contributed by atoms with Crippen molar-refractivity contribution >= 4 is 13.5 Å². The second-order valence-electron chi connectivity index (χ2n) is 7.64. The summed E-state index contributed by atoms with van der Waals surface area (Å²) in [4.78, 5) is 28.6. The summed E-state index contributed by atoms with van der Waals surface area (Å²) in [6.07, 6.45) is 18.8. The van der Waals surface area contributed by atoms with Crippen molar-refractivity contribution in [2.45, 2.75) is 109 Å². The van der Waals surface area contributed by atoms with Crippen LogP contribution in [0.4, 0.5) is 8.78 Å². The van der Waals surface area contributed by atoms with Crippen molar-refractivity contribution in [3.8, 4) is 0 Å². The Balaban J connectivity index is 3.45. The minimum atomic E-state index is -5.47. The maximum absolute atomic E-state index is 13.1. The summed E-state index contributed by atoms with van der Waals surface area (Å²) in [5.41, 5.74) is -4.09. The lowest BCUT2D eigenvalue weighted by Crippen LogP contribution is -2.29. The average molecular weight is 440 g/mol. The molecule has 0 aromatic carbocycles. The van der Waals surface area contributed by atoms with Gasteiger partial charge in [0.05, 0.1) is 0 Å². The number of hydrogen-bond donors (Lipinski definition) is 3. The number of amides is 1. The van der Waals surface area contributed by atoms with Crippen LogP contribution in [0, 0.1) is 0 Å². The van der Waals surface area contributed by atoms with Crippen LogP contribution in [0.2, 0.25) is 0 Å². The van der Waals surface area contributed by atoms with Crippen LogP contribution in [0.15, 0.2) is 12.2 Å². The van der Waals surface area contributed by atoms with Crippen LogP contribution in [-0.2, 0) is 9.36 Å². The molecule has 0 radical (unpaired) electrons. The summed E-state index contributed by atoms with van der Waals surface area (Å²) >= 11 is 0. The Morgan fingerprint density at radius 2 is 1.38 bits per heavy atom. The van der Waals surface area contributed by atoms with Gasteiger partial charge in [-0.15, -0.1) is 0 Å². The number of unbranched alkanes of at least 4 members (excludes halogenated alkanes) is 11. The maximum atomic E-state index is 13.1. The molecular weight excluding hydrogens is 399 g/mol. The van der Waals surface area contributed by atoms with Gasteiger partial charge < -0.3 is 15.1 Å². The first-order valence-electron chi connectivity index (χ1n) is 11.1. The highest BCUT2D eigenvalue weighted by Crippen LogP contribution is 2.54. The van der Waals surface area contributed by atoms with Gasteiger partial charge in [-0.05, 0) is 32.1 Å². The quantitative estimate of drug-likeness (QED) is 0.125. The van der Waals surface area contributed by atoms with E-state index in [2.05, 4.69) is 24.4 Å². The molecule has 0 spiro atoms. The molecule has 0 saturated carbocycles. The molecule has 0 bridgehead atoms. The van der Waals surface area contributed by atoms with E-state index in [1.54, 1.807) is 0 Å². The Hall–Kier alpha value is -0.780. The molecule has 5 nitrogen and oxygen atoms in total. The molecule has 0 aliphatic rings. The van der Waals surface area contributed by atoms with Gasteiger partial charge in [-0.25, -0.2) is 0 Å². The second-order valence-corrected chi connectivity index (χ2v) is 9.39. The molecule has 0 saturated heterocycles. The monoisotopic (exact) mass is 439 g/mol. The predicted molar refractivity (Wildman–Crippen MR) is 114 cm³/mol. The van der Waals surface area contributed by atoms with Crippen molar-refractivity contribution in [1.82, 2.24) is 5.32 Å². The minimum absolute atomic E-state index is 0.250. The summed E-state index contributed by atoms with van der Waals surface area (Å²) in [5, 5.41) is 2.29. The number of halogens is 2. The normalized spacial score (nSPS) is 12.6. The number of hydrogen-bond acceptors (Lipinski definition) is 2. The van der Waals surface area contributed by atoms with Gasteiger partial charge in [0, 0.05) is 19.4 Å². The number of carbonyl (C=O) groups excluding carboxylic acids is 1. The van der Waals surface area contributed by atoms with Crippen LogP contribution in [0.1, 0.15) is 103 Å². The summed E-state index contributed by atoms with van der Waals surface area (Å²) in [6.45, 7) is 1.79. The van der Waals surface area contributed by atoms with Crippen LogP contribution in [0.5, 0.6) is 0 Å². The zero-order valence-electron chi connectivity index (χ0n) is 17.9. The highest BCUT2D eigenvalue weighted by molar-refractivity contribution is 7.53. The van der Waals surface area contributed by atoms with Gasteiger partial charge in [0.1, 0.15) is 0 Å². The Morgan fingerprint density at radius 1 is 0.897 bits per heavy atom. The van der Waals surface area contributed by atoms with Crippen molar-refractivity contribution in [3.63, 3.8) is 0 Å². The Labute approximate surface area is 174 Å². The highest BCUT2D eigenvalue weighted by Gasteiger charge is 2.47. The van der Waals surface area contributed by atoms with Crippen molar-refractivity contribution in [2.75, 3.05) is 6.54 Å². The smallest absolute Gasteiger partial charge is 0.356 e. The molecule has 0 rings (SSSR count). The fraction of sp³-hybridized carbons (Fsp3) is 0.857. The van der Waals surface area contributed by atoms with Gasteiger partial charge in [0.2, 0.25) is 5.91 Å². The lowest BCUT2D eigenvalue weighted by atomic mass is 10.1. The third-order valence-corrected chi connectivity index (χ3v) is 5.92. The van der Waals surface area contributed by atoms with E-state index in [4.69, 9.17) is 9.79 Å². The van der Waals surface area contributed by atoms with Crippen LogP contribution < -0.4 is 5.32 Å². The Kier molecular flexibility index (Phi) is 16.5. The number of carbonyl (C=O) groups is 1. The topological polar surface area (TPSA) is 86.6 Å². The molecule has 0 aliphatic heterocycles. The van der Waals surface area contributed by atoms with E-state index in [1.807, 2.05) is 0 Å². The zero-order valence-corrected chi connectivity index (χ0v) is 18.8. The lowest BCUT2D eigenvalue weighted by Gasteiger charge is -2.17. The van der Waals surface area contributed by atoms with E-state index in [1.165, 1.54) is 44.9 Å². The summed E-state index contributed by atoms with van der Waals surface area (Å²) in [5.74, 6) is -0.357. The van der Waals surface area contributed by atoms with Crippen molar-refractivity contribution in [3.05, 3.63) is 12.2 Å². The minimum Gasteiger partial charge on any atom is -0.356 e. The fourth-order valence-electron chi connectivity index (χ4n) is 2.94. The molecule has 1 amide bonds. The number of alkyl halides is 2. The highest BCUT2D eigenvalue weighted by atomic mass is 31.2. The molecule has 0 fully saturated rings. The molecule has 0 aromatic heterocycles. The van der Waals surface area contributed by atoms with Crippen molar-refractivity contribution in [2.24, 2.45) is 0 Å². The standard InChI is InChI=1S/C21H40F2NO4P/c1-2-3-4-5-6-7-8-9-10-11-12-13-14-15-16-17-20(25)24-19-18-21(22,23)29(26,27)28/h9-10H,2-8,11-19H2,1H3,(H,24,25)(H2,26,27,28). The number of nitrogens with one attached hydrogen (secondary N) is 1. The second kappa shape index (κ2) is 17.0.